The zero-order valence-corrected chi connectivity index (χ0v) is 13.7. The van der Waals surface area contributed by atoms with E-state index in [9.17, 15) is 9.59 Å². The SMILES string of the molecule is CC(C)(C)OC(=O)N[C@H]1COc2ccccc2N(C2CC2)C1=O. The van der Waals surface area contributed by atoms with Crippen LogP contribution in [0.3, 0.4) is 0 Å². The first-order chi connectivity index (χ1) is 10.8. The maximum atomic E-state index is 12.9. The lowest BCUT2D eigenvalue weighted by molar-refractivity contribution is -0.121. The minimum atomic E-state index is -0.752. The van der Waals surface area contributed by atoms with E-state index in [1.807, 2.05) is 24.3 Å². The van der Waals surface area contributed by atoms with Gasteiger partial charge in [0, 0.05) is 6.04 Å². The quantitative estimate of drug-likeness (QED) is 0.909. The Labute approximate surface area is 135 Å². The van der Waals surface area contributed by atoms with Crippen LogP contribution in [0.4, 0.5) is 10.5 Å². The molecule has 1 atom stereocenters. The summed E-state index contributed by atoms with van der Waals surface area (Å²) in [5, 5.41) is 2.64. The molecular formula is C17H22N2O4. The molecule has 3 rings (SSSR count). The van der Waals surface area contributed by atoms with Crippen LogP contribution in [0, 0.1) is 0 Å². The molecule has 0 saturated heterocycles. The molecule has 1 aromatic carbocycles. The fourth-order valence-electron chi connectivity index (χ4n) is 2.57. The molecule has 1 aliphatic carbocycles. The maximum absolute atomic E-state index is 12.9. The Hall–Kier alpha value is -2.24. The summed E-state index contributed by atoms with van der Waals surface area (Å²) in [6.07, 6.45) is 1.33. The number of anilines is 1. The molecule has 23 heavy (non-hydrogen) atoms. The average Bonchev–Trinajstić information content (AvgIpc) is 3.27. The standard InChI is InChI=1S/C17H22N2O4/c1-17(2,3)23-16(21)18-12-10-22-14-7-5-4-6-13(14)19(15(12)20)11-8-9-11/h4-7,11-12H,8-10H2,1-3H3,(H,18,21)/t12-/m0/s1. The van der Waals surface area contributed by atoms with Gasteiger partial charge in [-0.3, -0.25) is 4.79 Å². The van der Waals surface area contributed by atoms with Gasteiger partial charge in [0.2, 0.25) is 0 Å². The Morgan fingerprint density at radius 1 is 1.30 bits per heavy atom. The Balaban J connectivity index is 1.79. The molecule has 2 aliphatic rings. The maximum Gasteiger partial charge on any atom is 0.408 e. The van der Waals surface area contributed by atoms with Crippen molar-refractivity contribution >= 4 is 17.7 Å². The second-order valence-corrected chi connectivity index (χ2v) is 6.92. The average molecular weight is 318 g/mol. The molecule has 0 bridgehead atoms. The number of amides is 2. The van der Waals surface area contributed by atoms with Gasteiger partial charge in [-0.1, -0.05) is 12.1 Å². The van der Waals surface area contributed by atoms with Gasteiger partial charge in [0.05, 0.1) is 5.69 Å². The molecule has 0 radical (unpaired) electrons. The van der Waals surface area contributed by atoms with E-state index >= 15 is 0 Å². The van der Waals surface area contributed by atoms with Crippen molar-refractivity contribution in [1.29, 1.82) is 0 Å². The van der Waals surface area contributed by atoms with Crippen LogP contribution in [0.2, 0.25) is 0 Å². The molecule has 1 heterocycles. The van der Waals surface area contributed by atoms with E-state index in [0.29, 0.717) is 5.75 Å². The van der Waals surface area contributed by atoms with Crippen molar-refractivity contribution in [3.05, 3.63) is 24.3 Å². The van der Waals surface area contributed by atoms with E-state index in [4.69, 9.17) is 9.47 Å². The number of carbonyl (C=O) groups is 2. The highest BCUT2D eigenvalue weighted by atomic mass is 16.6. The van der Waals surface area contributed by atoms with Crippen LogP contribution in [0.25, 0.3) is 0 Å². The van der Waals surface area contributed by atoms with Crippen LogP contribution in [-0.2, 0) is 9.53 Å². The lowest BCUT2D eigenvalue weighted by Gasteiger charge is -2.26. The summed E-state index contributed by atoms with van der Waals surface area (Å²) in [5.74, 6) is 0.518. The Kier molecular flexibility index (Phi) is 3.92. The van der Waals surface area contributed by atoms with Gasteiger partial charge in [0.25, 0.3) is 5.91 Å². The number of para-hydroxylation sites is 2. The van der Waals surface area contributed by atoms with Gasteiger partial charge in [-0.15, -0.1) is 0 Å². The largest absolute Gasteiger partial charge is 0.489 e. The van der Waals surface area contributed by atoms with Crippen molar-refractivity contribution in [2.24, 2.45) is 0 Å². The summed E-state index contributed by atoms with van der Waals surface area (Å²) in [7, 11) is 0. The van der Waals surface area contributed by atoms with Crippen molar-refractivity contribution in [3.8, 4) is 5.75 Å². The fraction of sp³-hybridized carbons (Fsp3) is 0.529. The summed E-state index contributed by atoms with van der Waals surface area (Å²) < 4.78 is 11.0. The van der Waals surface area contributed by atoms with Crippen LogP contribution >= 0.6 is 0 Å². The predicted octanol–water partition coefficient (Wildman–Crippen LogP) is 2.47. The zero-order valence-electron chi connectivity index (χ0n) is 13.7. The third-order valence-corrected chi connectivity index (χ3v) is 3.67. The fourth-order valence-corrected chi connectivity index (χ4v) is 2.57. The second kappa shape index (κ2) is 5.76. The molecular weight excluding hydrogens is 296 g/mol. The summed E-state index contributed by atoms with van der Waals surface area (Å²) in [5.41, 5.74) is 0.159. The van der Waals surface area contributed by atoms with Gasteiger partial charge in [-0.2, -0.15) is 0 Å². The van der Waals surface area contributed by atoms with Crippen LogP contribution in [0.5, 0.6) is 5.75 Å². The summed E-state index contributed by atoms with van der Waals surface area (Å²) in [6, 6.07) is 6.91. The second-order valence-electron chi connectivity index (χ2n) is 6.92. The predicted molar refractivity (Wildman–Crippen MR) is 85.6 cm³/mol. The van der Waals surface area contributed by atoms with Gasteiger partial charge in [0.1, 0.15) is 24.0 Å². The summed E-state index contributed by atoms with van der Waals surface area (Å²) >= 11 is 0. The molecule has 1 aromatic rings. The van der Waals surface area contributed by atoms with Gasteiger partial charge < -0.3 is 19.7 Å². The number of alkyl carbamates (subject to hydrolysis) is 1. The van der Waals surface area contributed by atoms with Crippen molar-refractivity contribution in [2.75, 3.05) is 11.5 Å². The first-order valence-electron chi connectivity index (χ1n) is 7.89. The van der Waals surface area contributed by atoms with Crippen LogP contribution in [0.1, 0.15) is 33.6 Å². The highest BCUT2D eigenvalue weighted by molar-refractivity contribution is 6.01. The molecule has 0 spiro atoms. The number of nitrogens with one attached hydrogen (secondary N) is 1. The van der Waals surface area contributed by atoms with Gasteiger partial charge in [0.15, 0.2) is 0 Å². The molecule has 6 nitrogen and oxygen atoms in total. The van der Waals surface area contributed by atoms with Crippen molar-refractivity contribution in [1.82, 2.24) is 5.32 Å². The summed E-state index contributed by atoms with van der Waals surface area (Å²) in [6.45, 7) is 5.44. The normalized spacial score (nSPS) is 21.1. The highest BCUT2D eigenvalue weighted by Gasteiger charge is 2.41. The number of hydrogen-bond acceptors (Lipinski definition) is 4. The van der Waals surface area contributed by atoms with Crippen LogP contribution in [0.15, 0.2) is 24.3 Å². The van der Waals surface area contributed by atoms with E-state index in [0.717, 1.165) is 18.5 Å². The molecule has 124 valence electrons. The van der Waals surface area contributed by atoms with Crippen molar-refractivity contribution < 1.29 is 19.1 Å². The summed E-state index contributed by atoms with van der Waals surface area (Å²) in [4.78, 5) is 26.6. The number of carbonyl (C=O) groups excluding carboxylic acids is 2. The number of fused-ring (bicyclic) bond motifs is 1. The molecule has 1 N–H and O–H groups in total. The van der Waals surface area contributed by atoms with E-state index in [-0.39, 0.29) is 18.6 Å². The highest BCUT2D eigenvalue weighted by Crippen LogP contribution is 2.39. The molecule has 1 saturated carbocycles. The molecule has 2 amide bonds. The zero-order chi connectivity index (χ0) is 16.6. The minimum absolute atomic E-state index is 0.0955. The number of rotatable bonds is 2. The van der Waals surface area contributed by atoms with Gasteiger partial charge >= 0.3 is 6.09 Å². The van der Waals surface area contributed by atoms with Crippen molar-refractivity contribution in [2.45, 2.75) is 51.3 Å². The Morgan fingerprint density at radius 2 is 2.00 bits per heavy atom. The Bertz CT molecular complexity index is 619. The molecule has 0 aromatic heterocycles. The number of hydrogen-bond donors (Lipinski definition) is 1. The van der Waals surface area contributed by atoms with Gasteiger partial charge in [-0.05, 0) is 45.7 Å². The molecule has 1 aliphatic heterocycles. The van der Waals surface area contributed by atoms with E-state index < -0.39 is 17.7 Å². The third-order valence-electron chi connectivity index (χ3n) is 3.67. The minimum Gasteiger partial charge on any atom is -0.489 e. The monoisotopic (exact) mass is 318 g/mol. The first kappa shape index (κ1) is 15.6. The number of ether oxygens (including phenoxy) is 2. The van der Waals surface area contributed by atoms with Crippen LogP contribution < -0.4 is 15.0 Å². The lowest BCUT2D eigenvalue weighted by Crippen LogP contribution is -2.52. The number of benzene rings is 1. The molecule has 0 unspecified atom stereocenters. The van der Waals surface area contributed by atoms with E-state index in [2.05, 4.69) is 5.32 Å². The number of nitrogens with zero attached hydrogens (tertiary/aromatic N) is 1. The Morgan fingerprint density at radius 3 is 2.65 bits per heavy atom. The topological polar surface area (TPSA) is 67.9 Å². The van der Waals surface area contributed by atoms with Crippen LogP contribution in [-0.4, -0.2) is 36.3 Å². The molecule has 1 fully saturated rings. The van der Waals surface area contributed by atoms with Crippen molar-refractivity contribution in [3.63, 3.8) is 0 Å². The molecule has 6 heteroatoms. The smallest absolute Gasteiger partial charge is 0.408 e. The van der Waals surface area contributed by atoms with E-state index in [1.54, 1.807) is 25.7 Å². The van der Waals surface area contributed by atoms with E-state index in [1.165, 1.54) is 0 Å². The third kappa shape index (κ3) is 3.57. The lowest BCUT2D eigenvalue weighted by atomic mass is 10.2. The first-order valence-corrected chi connectivity index (χ1v) is 7.89. The van der Waals surface area contributed by atoms with Gasteiger partial charge in [-0.25, -0.2) is 4.79 Å².